The number of hydrogen-bond acceptors (Lipinski definition) is 6. The number of hydrogen-bond donors (Lipinski definition) is 3. The highest BCUT2D eigenvalue weighted by atomic mass is 16.5. The quantitative estimate of drug-likeness (QED) is 0.395. The van der Waals surface area contributed by atoms with Crippen molar-refractivity contribution >= 4 is 22.7 Å². The third kappa shape index (κ3) is 3.14. The summed E-state index contributed by atoms with van der Waals surface area (Å²) in [5.74, 6) is 0.0110. The molecule has 3 amide bonds. The number of fused-ring (bicyclic) bond motifs is 1. The van der Waals surface area contributed by atoms with Gasteiger partial charge in [0.1, 0.15) is 17.5 Å². The minimum Gasteiger partial charge on any atom is -0.497 e. The Morgan fingerprint density at radius 1 is 1.21 bits per heavy atom. The molecule has 5 rings (SSSR count). The van der Waals surface area contributed by atoms with Crippen LogP contribution < -0.4 is 15.4 Å². The second-order valence-corrected chi connectivity index (χ2v) is 8.07. The average Bonchev–Trinajstić information content (AvgIpc) is 3.46. The van der Waals surface area contributed by atoms with Crippen LogP contribution in [0.15, 0.2) is 54.9 Å². The van der Waals surface area contributed by atoms with Crippen LogP contribution in [-0.2, 0) is 23.9 Å². The van der Waals surface area contributed by atoms with Crippen molar-refractivity contribution in [1.29, 1.82) is 5.26 Å². The van der Waals surface area contributed by atoms with E-state index < -0.39 is 17.5 Å². The Bertz CT molecular complexity index is 1490. The molecule has 34 heavy (non-hydrogen) atoms. The molecule has 1 aliphatic heterocycles. The van der Waals surface area contributed by atoms with Crippen LogP contribution in [0.1, 0.15) is 11.3 Å². The molecule has 2 aromatic heterocycles. The summed E-state index contributed by atoms with van der Waals surface area (Å²) in [7, 11) is 3.23. The molecule has 2 aromatic carbocycles. The van der Waals surface area contributed by atoms with Crippen LogP contribution >= 0.6 is 0 Å². The highest BCUT2D eigenvalue weighted by Crippen LogP contribution is 2.35. The first-order valence-electron chi connectivity index (χ1n) is 10.4. The number of rotatable bonds is 5. The van der Waals surface area contributed by atoms with Crippen molar-refractivity contribution in [2.75, 3.05) is 7.11 Å². The van der Waals surface area contributed by atoms with Crippen molar-refractivity contribution in [1.82, 2.24) is 25.0 Å². The summed E-state index contributed by atoms with van der Waals surface area (Å²) in [5, 5.41) is 30.8. The van der Waals surface area contributed by atoms with Crippen molar-refractivity contribution in [2.45, 2.75) is 12.1 Å². The van der Waals surface area contributed by atoms with Crippen LogP contribution in [0.4, 0.5) is 4.79 Å². The van der Waals surface area contributed by atoms with Gasteiger partial charge in [0.25, 0.3) is 5.91 Å². The van der Waals surface area contributed by atoms with Gasteiger partial charge < -0.3 is 19.7 Å². The lowest BCUT2D eigenvalue weighted by molar-refractivity contribution is -0.124. The molecule has 4 aromatic rings. The highest BCUT2D eigenvalue weighted by Gasteiger charge is 2.48. The number of aromatic hydroxyl groups is 1. The zero-order valence-electron chi connectivity index (χ0n) is 18.4. The first-order valence-corrected chi connectivity index (χ1v) is 10.4. The maximum absolute atomic E-state index is 13.0. The Morgan fingerprint density at radius 2 is 1.97 bits per heavy atom. The van der Waals surface area contributed by atoms with E-state index in [4.69, 9.17) is 4.74 Å². The van der Waals surface area contributed by atoms with Crippen LogP contribution in [0.5, 0.6) is 11.6 Å². The second-order valence-electron chi connectivity index (χ2n) is 8.07. The number of nitrogens with one attached hydrogen (secondary N) is 2. The van der Waals surface area contributed by atoms with Gasteiger partial charge in [-0.05, 0) is 29.3 Å². The van der Waals surface area contributed by atoms with E-state index in [2.05, 4.69) is 21.8 Å². The molecule has 1 saturated heterocycles. The van der Waals surface area contributed by atoms with Gasteiger partial charge in [-0.3, -0.25) is 14.8 Å². The number of amides is 3. The summed E-state index contributed by atoms with van der Waals surface area (Å²) in [4.78, 5) is 25.2. The molecule has 1 atom stereocenters. The number of urea groups is 1. The number of nitriles is 1. The first-order chi connectivity index (χ1) is 16.4. The Kier molecular flexibility index (Phi) is 4.76. The van der Waals surface area contributed by atoms with Gasteiger partial charge in [-0.25, -0.2) is 4.79 Å². The third-order valence-electron chi connectivity index (χ3n) is 6.15. The van der Waals surface area contributed by atoms with Crippen molar-refractivity contribution in [3.05, 3.63) is 66.1 Å². The molecule has 1 aliphatic rings. The van der Waals surface area contributed by atoms with Gasteiger partial charge in [0.2, 0.25) is 0 Å². The van der Waals surface area contributed by atoms with Crippen molar-refractivity contribution in [3.8, 4) is 28.8 Å². The molecule has 170 valence electrons. The smallest absolute Gasteiger partial charge is 0.322 e. The van der Waals surface area contributed by atoms with Gasteiger partial charge >= 0.3 is 6.03 Å². The predicted molar refractivity (Wildman–Crippen MR) is 122 cm³/mol. The van der Waals surface area contributed by atoms with E-state index in [-0.39, 0.29) is 12.4 Å². The topological polar surface area (TPSA) is 134 Å². The molecular weight excluding hydrogens is 436 g/mol. The standard InChI is InChI=1S/C24H20N6O4/c1-29-20(10-25)19(11-26-29)14-3-6-16(7-4-14)24(22(32)27-23(33)28-24)13-30-12-15-5-8-17(34-2)9-18(15)21(30)31/h3-9,11-12,31H,13H2,1-2H3,(H2,27,28,32,33)/t24-/m0/s1. The fraction of sp³-hybridized carbons (Fsp3) is 0.167. The van der Waals surface area contributed by atoms with Crippen LogP contribution in [0.2, 0.25) is 0 Å². The number of methoxy groups -OCH3 is 1. The number of imide groups is 1. The molecule has 0 radical (unpaired) electrons. The summed E-state index contributed by atoms with van der Waals surface area (Å²) >= 11 is 0. The number of carbonyl (C=O) groups is 2. The number of carbonyl (C=O) groups excluding carboxylic acids is 2. The summed E-state index contributed by atoms with van der Waals surface area (Å²) in [6, 6.07) is 13.8. The molecule has 0 unspecified atom stereocenters. The van der Waals surface area contributed by atoms with Crippen LogP contribution in [0.25, 0.3) is 21.9 Å². The highest BCUT2D eigenvalue weighted by molar-refractivity contribution is 6.07. The SMILES string of the molecule is COc1ccc2cn(C[C@@]3(c4ccc(-c5cnn(C)c5C#N)cc4)NC(=O)NC3=O)c(O)c2c1. The van der Waals surface area contributed by atoms with Gasteiger partial charge in [-0.1, -0.05) is 24.3 Å². The predicted octanol–water partition coefficient (Wildman–Crippen LogP) is 2.36. The zero-order chi connectivity index (χ0) is 24.0. The molecule has 0 aliphatic carbocycles. The van der Waals surface area contributed by atoms with Gasteiger partial charge in [-0.2, -0.15) is 10.4 Å². The molecule has 1 fully saturated rings. The van der Waals surface area contributed by atoms with Crippen LogP contribution in [0, 0.1) is 11.3 Å². The van der Waals surface area contributed by atoms with E-state index >= 15 is 0 Å². The number of aromatic nitrogens is 3. The summed E-state index contributed by atoms with van der Waals surface area (Å²) in [6.45, 7) is -0.0386. The summed E-state index contributed by atoms with van der Waals surface area (Å²) < 4.78 is 8.25. The van der Waals surface area contributed by atoms with E-state index in [1.165, 1.54) is 16.4 Å². The molecule has 3 heterocycles. The Balaban J connectivity index is 1.57. The lowest BCUT2D eigenvalue weighted by Crippen LogP contribution is -2.47. The van der Waals surface area contributed by atoms with Crippen LogP contribution in [0.3, 0.4) is 0 Å². The lowest BCUT2D eigenvalue weighted by atomic mass is 9.88. The fourth-order valence-corrected chi connectivity index (χ4v) is 4.34. The minimum atomic E-state index is -1.45. The number of aryl methyl sites for hydroxylation is 1. The average molecular weight is 456 g/mol. The molecule has 3 N–H and O–H groups in total. The minimum absolute atomic E-state index is 0.0386. The molecule has 0 saturated carbocycles. The van der Waals surface area contributed by atoms with E-state index in [9.17, 15) is 20.0 Å². The zero-order valence-corrected chi connectivity index (χ0v) is 18.4. The molecule has 10 heteroatoms. The maximum atomic E-state index is 13.0. The number of nitrogens with zero attached hydrogens (tertiary/aromatic N) is 4. The fourth-order valence-electron chi connectivity index (χ4n) is 4.34. The van der Waals surface area contributed by atoms with E-state index in [1.54, 1.807) is 61.9 Å². The first kappa shape index (κ1) is 21.1. The molecular formula is C24H20N6O4. The van der Waals surface area contributed by atoms with Gasteiger partial charge in [0.15, 0.2) is 11.4 Å². The van der Waals surface area contributed by atoms with Crippen molar-refractivity contribution in [2.24, 2.45) is 7.05 Å². The molecule has 0 bridgehead atoms. The molecule has 0 spiro atoms. The third-order valence-corrected chi connectivity index (χ3v) is 6.15. The maximum Gasteiger partial charge on any atom is 0.322 e. The largest absolute Gasteiger partial charge is 0.497 e. The second kappa shape index (κ2) is 7.67. The van der Waals surface area contributed by atoms with Crippen molar-refractivity contribution in [3.63, 3.8) is 0 Å². The van der Waals surface area contributed by atoms with Gasteiger partial charge in [0, 0.05) is 29.6 Å². The van der Waals surface area contributed by atoms with Gasteiger partial charge in [-0.15, -0.1) is 0 Å². The van der Waals surface area contributed by atoms with Gasteiger partial charge in [0.05, 0.1) is 19.9 Å². The Morgan fingerprint density at radius 3 is 2.62 bits per heavy atom. The lowest BCUT2D eigenvalue weighted by Gasteiger charge is -2.27. The van der Waals surface area contributed by atoms with E-state index in [0.29, 0.717) is 28.0 Å². The Hall–Kier alpha value is -4.78. The van der Waals surface area contributed by atoms with E-state index in [0.717, 1.165) is 10.9 Å². The normalized spacial score (nSPS) is 17.4. The monoisotopic (exact) mass is 456 g/mol. The number of benzene rings is 2. The number of ether oxygens (including phenoxy) is 1. The Labute approximate surface area is 194 Å². The van der Waals surface area contributed by atoms with Crippen molar-refractivity contribution < 1.29 is 19.4 Å². The van der Waals surface area contributed by atoms with E-state index in [1.807, 2.05) is 0 Å². The molecule has 10 nitrogen and oxygen atoms in total. The summed E-state index contributed by atoms with van der Waals surface area (Å²) in [6.07, 6.45) is 3.32. The summed E-state index contributed by atoms with van der Waals surface area (Å²) in [5.41, 5.74) is 0.897. The van der Waals surface area contributed by atoms with Crippen LogP contribution in [-0.4, -0.2) is 38.5 Å².